The van der Waals surface area contributed by atoms with Crippen molar-refractivity contribution in [1.82, 2.24) is 10.2 Å². The van der Waals surface area contributed by atoms with Crippen LogP contribution in [-0.4, -0.2) is 44.3 Å². The first-order valence-corrected chi connectivity index (χ1v) is 14.0. The van der Waals surface area contributed by atoms with Gasteiger partial charge >= 0.3 is 0 Å². The quantitative estimate of drug-likeness (QED) is 0.361. The molecule has 7 nitrogen and oxygen atoms in total. The van der Waals surface area contributed by atoms with Gasteiger partial charge in [-0.05, 0) is 74.4 Å². The number of carbonyl (C=O) groups is 2. The Morgan fingerprint density at radius 3 is 2.11 bits per heavy atom. The third kappa shape index (κ3) is 7.11. The lowest BCUT2D eigenvalue weighted by Gasteiger charge is -2.33. The van der Waals surface area contributed by atoms with Gasteiger partial charge in [0.15, 0.2) is 0 Å². The van der Waals surface area contributed by atoms with Gasteiger partial charge in [0.1, 0.15) is 18.4 Å². The molecule has 2 amide bonds. The van der Waals surface area contributed by atoms with Crippen molar-refractivity contribution in [3.05, 3.63) is 94.8 Å². The molecule has 3 aromatic rings. The smallest absolute Gasteiger partial charge is 0.264 e. The fraction of sp³-hybridized carbons (Fsp3) is 0.286. The molecule has 0 saturated carbocycles. The summed E-state index contributed by atoms with van der Waals surface area (Å²) in [5, 5.41) is 3.12. The van der Waals surface area contributed by atoms with E-state index in [0.29, 0.717) is 29.2 Å². The van der Waals surface area contributed by atoms with Crippen LogP contribution < -0.4 is 9.62 Å². The Bertz CT molecular complexity index is 1350. The van der Waals surface area contributed by atoms with Crippen molar-refractivity contribution in [3.8, 4) is 0 Å². The standard InChI is InChI=1S/C28H31ClFN3O4S/c1-4-26(28(35)31-5-2)32(18-21-8-12-23(30)13-9-21)27(34)19-33(24-14-6-20(3)7-15-24)38(36,37)25-16-10-22(29)11-17-25/h6-17,26H,4-5,18-19H2,1-3H3,(H,31,35)/t26-/m1/s1. The molecule has 0 fully saturated rings. The van der Waals surface area contributed by atoms with Crippen LogP contribution in [0.3, 0.4) is 0 Å². The molecule has 0 saturated heterocycles. The highest BCUT2D eigenvalue weighted by Crippen LogP contribution is 2.26. The molecule has 1 atom stereocenters. The summed E-state index contributed by atoms with van der Waals surface area (Å²) in [7, 11) is -4.18. The average Bonchev–Trinajstić information content (AvgIpc) is 2.89. The molecular weight excluding hydrogens is 529 g/mol. The van der Waals surface area contributed by atoms with Gasteiger partial charge in [-0.3, -0.25) is 13.9 Å². The molecule has 202 valence electrons. The van der Waals surface area contributed by atoms with E-state index in [2.05, 4.69) is 5.32 Å². The molecule has 3 aromatic carbocycles. The fourth-order valence-corrected chi connectivity index (χ4v) is 5.51. The summed E-state index contributed by atoms with van der Waals surface area (Å²) >= 11 is 5.96. The van der Waals surface area contributed by atoms with Crippen LogP contribution >= 0.6 is 11.6 Å². The van der Waals surface area contributed by atoms with E-state index in [9.17, 15) is 22.4 Å². The minimum absolute atomic E-state index is 0.00250. The van der Waals surface area contributed by atoms with E-state index in [0.717, 1.165) is 9.87 Å². The van der Waals surface area contributed by atoms with Gasteiger partial charge in [0, 0.05) is 18.1 Å². The van der Waals surface area contributed by atoms with Crippen LogP contribution in [0.1, 0.15) is 31.4 Å². The summed E-state index contributed by atoms with van der Waals surface area (Å²) in [6, 6.07) is 17.2. The highest BCUT2D eigenvalue weighted by Gasteiger charge is 2.33. The summed E-state index contributed by atoms with van der Waals surface area (Å²) in [4.78, 5) is 28.1. The van der Waals surface area contributed by atoms with E-state index in [1.165, 1.54) is 53.4 Å². The number of carbonyl (C=O) groups excluding carboxylic acids is 2. The van der Waals surface area contributed by atoms with E-state index < -0.39 is 34.3 Å². The first-order chi connectivity index (χ1) is 18.1. The van der Waals surface area contributed by atoms with Crippen molar-refractivity contribution >= 4 is 39.1 Å². The number of aryl methyl sites for hydroxylation is 1. The highest BCUT2D eigenvalue weighted by molar-refractivity contribution is 7.92. The lowest BCUT2D eigenvalue weighted by Crippen LogP contribution is -2.52. The molecule has 0 heterocycles. The van der Waals surface area contributed by atoms with Crippen LogP contribution in [0.15, 0.2) is 77.7 Å². The molecule has 0 bridgehead atoms. The number of anilines is 1. The third-order valence-corrected chi connectivity index (χ3v) is 8.05. The maximum atomic E-state index is 13.9. The number of amides is 2. The number of hydrogen-bond donors (Lipinski definition) is 1. The molecule has 10 heteroatoms. The van der Waals surface area contributed by atoms with Crippen LogP contribution in [0.25, 0.3) is 0 Å². The molecule has 38 heavy (non-hydrogen) atoms. The summed E-state index contributed by atoms with van der Waals surface area (Å²) in [5.41, 5.74) is 1.82. The minimum Gasteiger partial charge on any atom is -0.355 e. The number of nitrogens with one attached hydrogen (secondary N) is 1. The molecule has 3 rings (SSSR count). The second-order valence-corrected chi connectivity index (χ2v) is 11.1. The number of sulfonamides is 1. The van der Waals surface area contributed by atoms with Crippen LogP contribution in [0.4, 0.5) is 10.1 Å². The van der Waals surface area contributed by atoms with Crippen molar-refractivity contribution in [2.24, 2.45) is 0 Å². The highest BCUT2D eigenvalue weighted by atomic mass is 35.5. The Morgan fingerprint density at radius 2 is 1.55 bits per heavy atom. The number of benzene rings is 3. The van der Waals surface area contributed by atoms with Gasteiger partial charge in [-0.2, -0.15) is 0 Å². The van der Waals surface area contributed by atoms with Crippen LogP contribution in [-0.2, 0) is 26.2 Å². The Hall–Kier alpha value is -3.43. The molecular formula is C28H31ClFN3O4S. The van der Waals surface area contributed by atoms with Crippen molar-refractivity contribution in [3.63, 3.8) is 0 Å². The molecule has 0 aliphatic carbocycles. The molecule has 0 radical (unpaired) electrons. The number of likely N-dealkylation sites (N-methyl/N-ethyl adjacent to an activating group) is 1. The van der Waals surface area contributed by atoms with Crippen molar-refractivity contribution in [1.29, 1.82) is 0 Å². The minimum atomic E-state index is -4.18. The Labute approximate surface area is 228 Å². The third-order valence-electron chi connectivity index (χ3n) is 6.01. The lowest BCUT2D eigenvalue weighted by molar-refractivity contribution is -0.140. The Kier molecular flexibility index (Phi) is 9.88. The number of hydrogen-bond acceptors (Lipinski definition) is 4. The van der Waals surface area contributed by atoms with Gasteiger partial charge < -0.3 is 10.2 Å². The molecule has 0 aliphatic heterocycles. The van der Waals surface area contributed by atoms with Crippen molar-refractivity contribution < 1.29 is 22.4 Å². The predicted octanol–water partition coefficient (Wildman–Crippen LogP) is 4.93. The summed E-state index contributed by atoms with van der Waals surface area (Å²) in [5.74, 6) is -1.36. The van der Waals surface area contributed by atoms with Crippen LogP contribution in [0.5, 0.6) is 0 Å². The summed E-state index contributed by atoms with van der Waals surface area (Å²) < 4.78 is 42.0. The molecule has 0 spiro atoms. The van der Waals surface area contributed by atoms with Gasteiger partial charge in [0.25, 0.3) is 10.0 Å². The maximum absolute atomic E-state index is 13.9. The van der Waals surface area contributed by atoms with Crippen LogP contribution in [0, 0.1) is 12.7 Å². The van der Waals surface area contributed by atoms with Gasteiger partial charge in [0.05, 0.1) is 10.6 Å². The largest absolute Gasteiger partial charge is 0.355 e. The summed E-state index contributed by atoms with van der Waals surface area (Å²) in [6.45, 7) is 5.23. The van der Waals surface area contributed by atoms with Crippen LogP contribution in [0.2, 0.25) is 5.02 Å². The maximum Gasteiger partial charge on any atom is 0.264 e. The molecule has 0 unspecified atom stereocenters. The fourth-order valence-electron chi connectivity index (χ4n) is 3.97. The second-order valence-electron chi connectivity index (χ2n) is 8.77. The van der Waals surface area contributed by atoms with Crippen molar-refractivity contribution in [2.45, 2.75) is 44.7 Å². The SMILES string of the molecule is CCNC(=O)[C@@H](CC)N(Cc1ccc(F)cc1)C(=O)CN(c1ccc(C)cc1)S(=O)(=O)c1ccc(Cl)cc1. The lowest BCUT2D eigenvalue weighted by atomic mass is 10.1. The molecule has 0 aliphatic rings. The van der Waals surface area contributed by atoms with Gasteiger partial charge in [-0.15, -0.1) is 0 Å². The first-order valence-electron chi connectivity index (χ1n) is 12.2. The number of halogens is 2. The zero-order valence-corrected chi connectivity index (χ0v) is 23.1. The van der Waals surface area contributed by atoms with E-state index in [1.807, 2.05) is 6.92 Å². The van der Waals surface area contributed by atoms with E-state index in [-0.39, 0.29) is 17.3 Å². The Balaban J connectivity index is 2.04. The normalized spacial score (nSPS) is 12.0. The van der Waals surface area contributed by atoms with Gasteiger partial charge in [-0.25, -0.2) is 12.8 Å². The molecule has 1 N–H and O–H groups in total. The van der Waals surface area contributed by atoms with Crippen molar-refractivity contribution in [2.75, 3.05) is 17.4 Å². The monoisotopic (exact) mass is 559 g/mol. The van der Waals surface area contributed by atoms with E-state index >= 15 is 0 Å². The first kappa shape index (κ1) is 29.1. The zero-order valence-electron chi connectivity index (χ0n) is 21.5. The van der Waals surface area contributed by atoms with E-state index in [4.69, 9.17) is 11.6 Å². The topological polar surface area (TPSA) is 86.8 Å². The molecule has 0 aromatic heterocycles. The zero-order chi connectivity index (χ0) is 27.9. The summed E-state index contributed by atoms with van der Waals surface area (Å²) in [6.07, 6.45) is 0.299. The van der Waals surface area contributed by atoms with E-state index in [1.54, 1.807) is 38.1 Å². The predicted molar refractivity (Wildman–Crippen MR) is 147 cm³/mol. The second kappa shape index (κ2) is 12.9. The van der Waals surface area contributed by atoms with Gasteiger partial charge in [-0.1, -0.05) is 48.4 Å². The van der Waals surface area contributed by atoms with Gasteiger partial charge in [0.2, 0.25) is 11.8 Å². The number of nitrogens with zero attached hydrogens (tertiary/aromatic N) is 2. The number of rotatable bonds is 11. The average molecular weight is 560 g/mol. The Morgan fingerprint density at radius 1 is 0.947 bits per heavy atom.